The van der Waals surface area contributed by atoms with Gasteiger partial charge in [-0.25, -0.2) is 9.67 Å². The van der Waals surface area contributed by atoms with Crippen LogP contribution in [0, 0.1) is 12.8 Å². The fraction of sp³-hybridized carbons (Fsp3) is 0.526. The number of rotatable bonds is 4. The van der Waals surface area contributed by atoms with Crippen LogP contribution >= 0.6 is 0 Å². The van der Waals surface area contributed by atoms with Crippen molar-refractivity contribution >= 4 is 5.96 Å². The van der Waals surface area contributed by atoms with Gasteiger partial charge in [-0.05, 0) is 37.2 Å². The van der Waals surface area contributed by atoms with Crippen LogP contribution in [0.3, 0.4) is 0 Å². The maximum absolute atomic E-state index is 4.47. The minimum absolute atomic E-state index is 0.351. The molecule has 2 aliphatic rings. The van der Waals surface area contributed by atoms with E-state index in [9.17, 15) is 0 Å². The van der Waals surface area contributed by atoms with E-state index < -0.39 is 0 Å². The molecule has 4 rings (SSSR count). The van der Waals surface area contributed by atoms with Crippen molar-refractivity contribution in [1.82, 2.24) is 25.4 Å². The summed E-state index contributed by atoms with van der Waals surface area (Å²) < 4.78 is 2.02. The van der Waals surface area contributed by atoms with Crippen LogP contribution in [0.1, 0.15) is 36.0 Å². The van der Waals surface area contributed by atoms with Gasteiger partial charge in [-0.2, -0.15) is 5.10 Å². The highest BCUT2D eigenvalue weighted by Gasteiger charge is 2.37. The van der Waals surface area contributed by atoms with Gasteiger partial charge in [0.25, 0.3) is 0 Å². The van der Waals surface area contributed by atoms with Crippen molar-refractivity contribution < 1.29 is 0 Å². The molecule has 0 saturated heterocycles. The van der Waals surface area contributed by atoms with Crippen molar-refractivity contribution in [3.8, 4) is 0 Å². The molecule has 2 aromatic rings. The Labute approximate surface area is 148 Å². The van der Waals surface area contributed by atoms with E-state index in [0.29, 0.717) is 17.9 Å². The fourth-order valence-corrected chi connectivity index (χ4v) is 3.75. The van der Waals surface area contributed by atoms with E-state index in [-0.39, 0.29) is 0 Å². The van der Waals surface area contributed by atoms with Gasteiger partial charge < -0.3 is 10.6 Å². The second-order valence-corrected chi connectivity index (χ2v) is 7.10. The van der Waals surface area contributed by atoms with E-state index in [1.54, 1.807) is 0 Å². The summed E-state index contributed by atoms with van der Waals surface area (Å²) in [5.41, 5.74) is 1.46. The number of nitrogens with one attached hydrogen (secondary N) is 2. The Hall–Kier alpha value is -2.37. The van der Waals surface area contributed by atoms with E-state index in [0.717, 1.165) is 43.5 Å². The summed E-state index contributed by atoms with van der Waals surface area (Å²) in [6.07, 6.45) is 3.29. The second-order valence-electron chi connectivity index (χ2n) is 7.10. The average Bonchev–Trinajstić information content (AvgIpc) is 3.32. The molecule has 0 bridgehead atoms. The van der Waals surface area contributed by atoms with Gasteiger partial charge in [0.2, 0.25) is 0 Å². The maximum atomic E-state index is 4.47. The molecule has 6 nitrogen and oxygen atoms in total. The molecular formula is C19H26N6. The van der Waals surface area contributed by atoms with E-state index in [1.807, 2.05) is 18.7 Å². The molecule has 2 heterocycles. The molecule has 132 valence electrons. The van der Waals surface area contributed by atoms with Gasteiger partial charge in [0.05, 0.1) is 6.54 Å². The first-order chi connectivity index (χ1) is 12.2. The Kier molecular flexibility index (Phi) is 4.42. The summed E-state index contributed by atoms with van der Waals surface area (Å²) in [5, 5.41) is 11.5. The summed E-state index contributed by atoms with van der Waals surface area (Å²) in [5.74, 6) is 4.25. The van der Waals surface area contributed by atoms with Crippen LogP contribution in [0.5, 0.6) is 0 Å². The summed E-state index contributed by atoms with van der Waals surface area (Å²) in [7, 11) is 1.84. The quantitative estimate of drug-likeness (QED) is 0.660. The van der Waals surface area contributed by atoms with Crippen molar-refractivity contribution in [3.05, 3.63) is 47.5 Å². The van der Waals surface area contributed by atoms with Crippen LogP contribution in [0.25, 0.3) is 0 Å². The lowest BCUT2D eigenvalue weighted by Gasteiger charge is -2.25. The number of nitrogens with zero attached hydrogens (tertiary/aromatic N) is 4. The number of benzene rings is 1. The monoisotopic (exact) mass is 338 g/mol. The topological polar surface area (TPSA) is 67.1 Å². The molecule has 1 fully saturated rings. The summed E-state index contributed by atoms with van der Waals surface area (Å²) in [6.45, 7) is 3.78. The number of fused-ring (bicyclic) bond motifs is 1. The van der Waals surface area contributed by atoms with Gasteiger partial charge in [-0.3, -0.25) is 4.99 Å². The van der Waals surface area contributed by atoms with Crippen LogP contribution in [0.2, 0.25) is 0 Å². The predicted molar refractivity (Wildman–Crippen MR) is 98.7 cm³/mol. The van der Waals surface area contributed by atoms with Crippen molar-refractivity contribution in [2.45, 2.75) is 44.7 Å². The lowest BCUT2D eigenvalue weighted by atomic mass is 10.1. The first kappa shape index (κ1) is 16.1. The van der Waals surface area contributed by atoms with E-state index >= 15 is 0 Å². The van der Waals surface area contributed by atoms with Gasteiger partial charge in [-0.15, -0.1) is 0 Å². The molecule has 1 aromatic carbocycles. The lowest BCUT2D eigenvalue weighted by molar-refractivity contribution is 0.392. The fourth-order valence-electron chi connectivity index (χ4n) is 3.75. The number of guanidine groups is 1. The molecule has 3 unspecified atom stereocenters. The molecule has 0 radical (unpaired) electrons. The number of aliphatic imine (C=N–C) groups is 1. The molecule has 1 aliphatic heterocycles. The minimum atomic E-state index is 0.351. The summed E-state index contributed by atoms with van der Waals surface area (Å²) >= 11 is 0. The van der Waals surface area contributed by atoms with E-state index in [4.69, 9.17) is 0 Å². The van der Waals surface area contributed by atoms with Gasteiger partial charge >= 0.3 is 0 Å². The largest absolute Gasteiger partial charge is 0.356 e. The van der Waals surface area contributed by atoms with E-state index in [2.05, 4.69) is 56.0 Å². The van der Waals surface area contributed by atoms with Crippen LogP contribution < -0.4 is 10.6 Å². The SMILES string of the molecule is CN=C(NCC1CC1c1ccccc1)NC1CCc2nc(C)nn2C1. The highest BCUT2D eigenvalue weighted by molar-refractivity contribution is 5.80. The molecular weight excluding hydrogens is 312 g/mol. The summed E-state index contributed by atoms with van der Waals surface area (Å²) in [4.78, 5) is 8.86. The average molecular weight is 338 g/mol. The highest BCUT2D eigenvalue weighted by atomic mass is 15.4. The number of aromatic nitrogens is 3. The van der Waals surface area contributed by atoms with Gasteiger partial charge in [0.1, 0.15) is 11.6 Å². The maximum Gasteiger partial charge on any atom is 0.191 e. The standard InChI is InChI=1S/C19H26N6/c1-13-22-18-9-8-16(12-25(18)24-13)23-19(20-2)21-11-15-10-17(15)14-6-4-3-5-7-14/h3-7,15-17H,8-12H2,1-2H3,(H2,20,21,23). The summed E-state index contributed by atoms with van der Waals surface area (Å²) in [6, 6.07) is 11.2. The predicted octanol–water partition coefficient (Wildman–Crippen LogP) is 1.87. The Morgan fingerprint density at radius 2 is 2.16 bits per heavy atom. The second kappa shape index (κ2) is 6.86. The van der Waals surface area contributed by atoms with Crippen LogP contribution in [0.15, 0.2) is 35.3 Å². The third-order valence-corrected chi connectivity index (χ3v) is 5.21. The highest BCUT2D eigenvalue weighted by Crippen LogP contribution is 2.46. The molecule has 3 atom stereocenters. The third kappa shape index (κ3) is 3.67. The van der Waals surface area contributed by atoms with Crippen molar-refractivity contribution in [2.75, 3.05) is 13.6 Å². The van der Waals surface area contributed by atoms with Crippen LogP contribution in [0.4, 0.5) is 0 Å². The molecule has 25 heavy (non-hydrogen) atoms. The van der Waals surface area contributed by atoms with Gasteiger partial charge in [-0.1, -0.05) is 30.3 Å². The van der Waals surface area contributed by atoms with Crippen molar-refractivity contribution in [3.63, 3.8) is 0 Å². The first-order valence-electron chi connectivity index (χ1n) is 9.15. The molecule has 2 N–H and O–H groups in total. The zero-order valence-electron chi connectivity index (χ0n) is 14.9. The lowest BCUT2D eigenvalue weighted by Crippen LogP contribution is -2.47. The van der Waals surface area contributed by atoms with Gasteiger partial charge in [0, 0.05) is 26.1 Å². The zero-order valence-corrected chi connectivity index (χ0v) is 14.9. The zero-order chi connectivity index (χ0) is 17.2. The first-order valence-corrected chi connectivity index (χ1v) is 9.15. The third-order valence-electron chi connectivity index (χ3n) is 5.21. The molecule has 0 spiro atoms. The molecule has 0 amide bonds. The molecule has 1 aromatic heterocycles. The van der Waals surface area contributed by atoms with Gasteiger partial charge in [0.15, 0.2) is 5.96 Å². The van der Waals surface area contributed by atoms with E-state index in [1.165, 1.54) is 12.0 Å². The Morgan fingerprint density at radius 3 is 2.96 bits per heavy atom. The van der Waals surface area contributed by atoms with Crippen LogP contribution in [-0.2, 0) is 13.0 Å². The number of hydrogen-bond donors (Lipinski definition) is 2. The smallest absolute Gasteiger partial charge is 0.191 e. The van der Waals surface area contributed by atoms with Crippen LogP contribution in [-0.4, -0.2) is 40.4 Å². The Balaban J connectivity index is 1.27. The minimum Gasteiger partial charge on any atom is -0.356 e. The number of hydrogen-bond acceptors (Lipinski definition) is 3. The number of aryl methyl sites for hydroxylation is 2. The normalized spacial score (nSPS) is 25.4. The van der Waals surface area contributed by atoms with Crippen molar-refractivity contribution in [1.29, 1.82) is 0 Å². The molecule has 1 saturated carbocycles. The molecule has 1 aliphatic carbocycles. The van der Waals surface area contributed by atoms with Crippen molar-refractivity contribution in [2.24, 2.45) is 10.9 Å². The Bertz CT molecular complexity index is 751. The molecule has 6 heteroatoms. The Morgan fingerprint density at radius 1 is 1.32 bits per heavy atom.